The fourth-order valence-electron chi connectivity index (χ4n) is 2.52. The molecule has 24 heavy (non-hydrogen) atoms. The minimum atomic E-state index is -0.274. The molecule has 122 valence electrons. The van der Waals surface area contributed by atoms with Crippen molar-refractivity contribution in [3.8, 4) is 0 Å². The third kappa shape index (κ3) is 3.74. The quantitative estimate of drug-likeness (QED) is 0.637. The van der Waals surface area contributed by atoms with Gasteiger partial charge in [-0.2, -0.15) is 0 Å². The Morgan fingerprint density at radius 1 is 1.04 bits per heavy atom. The average Bonchev–Trinajstić information content (AvgIpc) is 2.94. The van der Waals surface area contributed by atoms with Crippen LogP contribution >= 0.6 is 11.8 Å². The van der Waals surface area contributed by atoms with E-state index < -0.39 is 0 Å². The van der Waals surface area contributed by atoms with Crippen LogP contribution in [0.25, 0.3) is 0 Å². The molecule has 1 aromatic heterocycles. The first-order valence-corrected chi connectivity index (χ1v) is 8.69. The van der Waals surface area contributed by atoms with Crippen LogP contribution in [0, 0.1) is 6.92 Å². The van der Waals surface area contributed by atoms with E-state index in [2.05, 4.69) is 26.9 Å². The fourth-order valence-corrected chi connectivity index (χ4v) is 3.60. The van der Waals surface area contributed by atoms with E-state index in [0.29, 0.717) is 6.54 Å². The summed E-state index contributed by atoms with van der Waals surface area (Å²) in [5.41, 5.74) is 2.17. The van der Waals surface area contributed by atoms with Crippen LogP contribution in [0.4, 0.5) is 0 Å². The van der Waals surface area contributed by atoms with Gasteiger partial charge >= 0.3 is 0 Å². The van der Waals surface area contributed by atoms with Crippen molar-refractivity contribution in [2.75, 3.05) is 0 Å². The summed E-state index contributed by atoms with van der Waals surface area (Å²) in [6, 6.07) is 20.0. The second kappa shape index (κ2) is 7.45. The molecular formula is C19H19N3OS. The zero-order valence-corrected chi connectivity index (χ0v) is 14.5. The second-order valence-electron chi connectivity index (χ2n) is 5.62. The molecule has 0 N–H and O–H groups in total. The van der Waals surface area contributed by atoms with Gasteiger partial charge in [0.25, 0.3) is 0 Å². The van der Waals surface area contributed by atoms with E-state index in [1.165, 1.54) is 17.3 Å². The number of ketones is 1. The van der Waals surface area contributed by atoms with Crippen molar-refractivity contribution >= 4 is 17.5 Å². The molecule has 1 atom stereocenters. The van der Waals surface area contributed by atoms with Crippen molar-refractivity contribution in [3.05, 3.63) is 77.6 Å². The number of hydrogen-bond donors (Lipinski definition) is 0. The van der Waals surface area contributed by atoms with Gasteiger partial charge in [-0.3, -0.25) is 4.79 Å². The van der Waals surface area contributed by atoms with Gasteiger partial charge in [0.15, 0.2) is 5.16 Å². The molecule has 0 aliphatic rings. The number of aryl methyl sites for hydroxylation is 1. The maximum absolute atomic E-state index is 12.1. The van der Waals surface area contributed by atoms with Gasteiger partial charge in [-0.1, -0.05) is 72.4 Å². The summed E-state index contributed by atoms with van der Waals surface area (Å²) < 4.78 is 2.05. The van der Waals surface area contributed by atoms with Gasteiger partial charge in [-0.05, 0) is 25.0 Å². The van der Waals surface area contributed by atoms with E-state index in [1.807, 2.05) is 55.5 Å². The molecule has 0 bridgehead atoms. The van der Waals surface area contributed by atoms with Gasteiger partial charge in [0.05, 0.1) is 11.8 Å². The van der Waals surface area contributed by atoms with Gasteiger partial charge < -0.3 is 4.57 Å². The maximum Gasteiger partial charge on any atom is 0.192 e. The first kappa shape index (κ1) is 16.5. The summed E-state index contributed by atoms with van der Waals surface area (Å²) in [4.78, 5) is 12.1. The zero-order chi connectivity index (χ0) is 16.9. The van der Waals surface area contributed by atoms with Crippen molar-refractivity contribution in [1.29, 1.82) is 0 Å². The van der Waals surface area contributed by atoms with E-state index in [0.717, 1.165) is 16.5 Å². The SMILES string of the molecule is CC(=O)[C@@H](Sc1nnc(C)n1Cc1ccccc1)c1ccccc1. The Bertz CT molecular complexity index is 815. The first-order chi connectivity index (χ1) is 11.6. The van der Waals surface area contributed by atoms with E-state index in [4.69, 9.17) is 0 Å². The number of nitrogens with zero attached hydrogens (tertiary/aromatic N) is 3. The Morgan fingerprint density at radius 3 is 2.29 bits per heavy atom. The summed E-state index contributed by atoms with van der Waals surface area (Å²) in [6.07, 6.45) is 0. The van der Waals surface area contributed by atoms with E-state index in [1.54, 1.807) is 6.92 Å². The third-order valence-corrected chi connectivity index (χ3v) is 5.13. The number of Topliss-reactive ketones (excluding diaryl/α,β-unsaturated/α-hetero) is 1. The third-order valence-electron chi connectivity index (χ3n) is 3.78. The van der Waals surface area contributed by atoms with Crippen LogP contribution in [0.1, 0.15) is 29.1 Å². The van der Waals surface area contributed by atoms with Gasteiger partial charge in [0.1, 0.15) is 11.6 Å². The van der Waals surface area contributed by atoms with Crippen molar-refractivity contribution in [2.45, 2.75) is 30.8 Å². The molecule has 0 unspecified atom stereocenters. The predicted molar refractivity (Wildman–Crippen MR) is 96.0 cm³/mol. The summed E-state index contributed by atoms with van der Waals surface area (Å²) in [5.74, 6) is 0.954. The molecule has 0 aliphatic carbocycles. The standard InChI is InChI=1S/C19H19N3OS/c1-14(23)18(17-11-7-4-8-12-17)24-19-21-20-15(2)22(19)13-16-9-5-3-6-10-16/h3-12,18H,13H2,1-2H3/t18-/m1/s1. The monoisotopic (exact) mass is 337 g/mol. The highest BCUT2D eigenvalue weighted by Crippen LogP contribution is 2.35. The van der Waals surface area contributed by atoms with Crippen LogP contribution < -0.4 is 0 Å². The lowest BCUT2D eigenvalue weighted by Crippen LogP contribution is -2.09. The number of thioether (sulfide) groups is 1. The molecule has 0 spiro atoms. The number of benzene rings is 2. The highest BCUT2D eigenvalue weighted by atomic mass is 32.2. The molecular weight excluding hydrogens is 318 g/mol. The molecule has 3 rings (SSSR count). The van der Waals surface area contributed by atoms with Crippen LogP contribution in [0.15, 0.2) is 65.8 Å². The molecule has 0 amide bonds. The summed E-state index contributed by atoms with van der Waals surface area (Å²) >= 11 is 1.46. The van der Waals surface area contributed by atoms with Crippen LogP contribution in [0.3, 0.4) is 0 Å². The van der Waals surface area contributed by atoms with Gasteiger partial charge in [0.2, 0.25) is 0 Å². The molecule has 0 fully saturated rings. The number of rotatable bonds is 6. The molecule has 0 aliphatic heterocycles. The van der Waals surface area contributed by atoms with Crippen LogP contribution in [-0.2, 0) is 11.3 Å². The van der Waals surface area contributed by atoms with Crippen LogP contribution in [-0.4, -0.2) is 20.5 Å². The lowest BCUT2D eigenvalue weighted by molar-refractivity contribution is -0.116. The zero-order valence-electron chi connectivity index (χ0n) is 13.7. The minimum absolute atomic E-state index is 0.109. The smallest absolute Gasteiger partial charge is 0.192 e. The summed E-state index contributed by atoms with van der Waals surface area (Å²) in [7, 11) is 0. The fraction of sp³-hybridized carbons (Fsp3) is 0.211. The number of carbonyl (C=O) groups excluding carboxylic acids is 1. The lowest BCUT2D eigenvalue weighted by atomic mass is 10.1. The van der Waals surface area contributed by atoms with Crippen LogP contribution in [0.2, 0.25) is 0 Å². The van der Waals surface area contributed by atoms with Gasteiger partial charge in [-0.25, -0.2) is 0 Å². The van der Waals surface area contributed by atoms with Crippen molar-refractivity contribution in [1.82, 2.24) is 14.8 Å². The van der Waals surface area contributed by atoms with E-state index in [-0.39, 0.29) is 11.0 Å². The normalized spacial score (nSPS) is 12.1. The van der Waals surface area contributed by atoms with Crippen molar-refractivity contribution < 1.29 is 4.79 Å². The number of aromatic nitrogens is 3. The summed E-state index contributed by atoms with van der Waals surface area (Å²) in [6.45, 7) is 4.25. The van der Waals surface area contributed by atoms with Gasteiger partial charge in [-0.15, -0.1) is 10.2 Å². The van der Waals surface area contributed by atoms with Crippen molar-refractivity contribution in [3.63, 3.8) is 0 Å². The van der Waals surface area contributed by atoms with Crippen molar-refractivity contribution in [2.24, 2.45) is 0 Å². The molecule has 0 radical (unpaired) electrons. The van der Waals surface area contributed by atoms with E-state index in [9.17, 15) is 4.79 Å². The Hall–Kier alpha value is -2.40. The lowest BCUT2D eigenvalue weighted by Gasteiger charge is -2.15. The molecule has 0 saturated carbocycles. The van der Waals surface area contributed by atoms with Gasteiger partial charge in [0, 0.05) is 0 Å². The Morgan fingerprint density at radius 2 is 1.67 bits per heavy atom. The van der Waals surface area contributed by atoms with Crippen LogP contribution in [0.5, 0.6) is 0 Å². The molecule has 2 aromatic carbocycles. The molecule has 5 heteroatoms. The highest BCUT2D eigenvalue weighted by molar-refractivity contribution is 8.00. The average molecular weight is 337 g/mol. The number of hydrogen-bond acceptors (Lipinski definition) is 4. The molecule has 0 saturated heterocycles. The van der Waals surface area contributed by atoms with E-state index >= 15 is 0 Å². The minimum Gasteiger partial charge on any atom is -0.302 e. The predicted octanol–water partition coefficient (Wildman–Crippen LogP) is 4.06. The second-order valence-corrected chi connectivity index (χ2v) is 6.69. The highest BCUT2D eigenvalue weighted by Gasteiger charge is 2.22. The number of carbonyl (C=O) groups is 1. The maximum atomic E-state index is 12.1. The molecule has 4 nitrogen and oxygen atoms in total. The Labute approximate surface area is 145 Å². The Balaban J connectivity index is 1.88. The first-order valence-electron chi connectivity index (χ1n) is 7.81. The molecule has 3 aromatic rings. The molecule has 1 heterocycles. The largest absolute Gasteiger partial charge is 0.302 e. The Kier molecular flexibility index (Phi) is 5.11. The topological polar surface area (TPSA) is 47.8 Å². The summed E-state index contributed by atoms with van der Waals surface area (Å²) in [5, 5.41) is 8.97.